The van der Waals surface area contributed by atoms with E-state index in [-0.39, 0.29) is 18.7 Å². The minimum atomic E-state index is -2.76. The molecule has 1 aromatic rings. The number of alkyl halides is 2. The van der Waals surface area contributed by atoms with Crippen molar-refractivity contribution in [2.24, 2.45) is 5.92 Å². The van der Waals surface area contributed by atoms with Gasteiger partial charge >= 0.3 is 0 Å². The number of carbonyl (C=O) groups excluding carboxylic acids is 1. The third kappa shape index (κ3) is 4.47. The number of nitrogens with zero attached hydrogens (tertiary/aromatic N) is 3. The monoisotopic (exact) mass is 325 g/mol. The average molecular weight is 325 g/mol. The molecule has 0 aliphatic carbocycles. The normalized spacial score (nSPS) is 20.7. The maximum atomic E-state index is 13.2. The number of halogens is 2. The molecular weight excluding hydrogens is 300 g/mol. The summed E-state index contributed by atoms with van der Waals surface area (Å²) in [5.74, 6) is -2.45. The molecule has 0 unspecified atom stereocenters. The largest absolute Gasteiger partial charge is 0.331 e. The van der Waals surface area contributed by atoms with E-state index in [1.165, 1.54) is 4.90 Å². The highest BCUT2D eigenvalue weighted by Gasteiger charge is 2.40. The number of amides is 1. The van der Waals surface area contributed by atoms with E-state index >= 15 is 0 Å². The van der Waals surface area contributed by atoms with Crippen molar-refractivity contribution in [2.45, 2.75) is 39.7 Å². The van der Waals surface area contributed by atoms with Gasteiger partial charge in [-0.3, -0.25) is 9.69 Å². The van der Waals surface area contributed by atoms with E-state index < -0.39 is 18.4 Å². The highest BCUT2D eigenvalue weighted by Crippen LogP contribution is 2.27. The van der Waals surface area contributed by atoms with Crippen LogP contribution in [0.1, 0.15) is 43.4 Å². The van der Waals surface area contributed by atoms with Crippen molar-refractivity contribution in [3.63, 3.8) is 0 Å². The molecule has 0 atom stereocenters. The zero-order chi connectivity index (χ0) is 17.0. The van der Waals surface area contributed by atoms with Gasteiger partial charge in [0.1, 0.15) is 5.69 Å². The lowest BCUT2D eigenvalue weighted by Crippen LogP contribution is -2.44. The van der Waals surface area contributed by atoms with Crippen LogP contribution in [0, 0.1) is 5.92 Å². The first kappa shape index (κ1) is 17.8. The molecule has 1 amide bonds. The van der Waals surface area contributed by atoms with Crippen LogP contribution >= 0.6 is 0 Å². The zero-order valence-corrected chi connectivity index (χ0v) is 14.1. The molecule has 0 N–H and O–H groups in total. The fourth-order valence-electron chi connectivity index (χ4n) is 2.94. The number of rotatable bonds is 3. The maximum Gasteiger partial charge on any atom is 0.272 e. The van der Waals surface area contributed by atoms with Crippen LogP contribution in [-0.4, -0.2) is 52.8 Å². The summed E-state index contributed by atoms with van der Waals surface area (Å²) in [6, 6.07) is 5.24. The molecule has 6 heteroatoms. The Morgan fingerprint density at radius 1 is 1.35 bits per heavy atom. The van der Waals surface area contributed by atoms with Gasteiger partial charge in [-0.05, 0) is 18.1 Å². The van der Waals surface area contributed by atoms with Gasteiger partial charge in [0.2, 0.25) is 0 Å². The summed E-state index contributed by atoms with van der Waals surface area (Å²) in [7, 11) is 0. The molecule has 128 valence electrons. The predicted molar refractivity (Wildman–Crippen MR) is 85.5 cm³/mol. The molecule has 23 heavy (non-hydrogen) atoms. The van der Waals surface area contributed by atoms with Crippen molar-refractivity contribution in [1.82, 2.24) is 14.8 Å². The number of hydrogen-bond donors (Lipinski definition) is 0. The fraction of sp³-hybridized carbons (Fsp3) is 0.647. The quantitative estimate of drug-likeness (QED) is 0.857. The van der Waals surface area contributed by atoms with E-state index in [1.54, 1.807) is 12.1 Å². The van der Waals surface area contributed by atoms with Gasteiger partial charge < -0.3 is 4.90 Å². The number of pyridine rings is 1. The Morgan fingerprint density at radius 3 is 2.61 bits per heavy atom. The standard InChI is InChI=1S/C15H19F2N3O.C2H6/c1-11-7-19(8-11)9-12-3-2-4-13(18-12)14(21)20-6-5-15(16,17)10-20;1-2/h2-4,11H,5-10H2,1H3;1-2H3. The second-order valence-corrected chi connectivity index (χ2v) is 6.15. The molecule has 1 aromatic heterocycles. The van der Waals surface area contributed by atoms with Gasteiger partial charge in [-0.15, -0.1) is 0 Å². The number of carbonyl (C=O) groups is 1. The third-order valence-electron chi connectivity index (χ3n) is 4.01. The van der Waals surface area contributed by atoms with Crippen molar-refractivity contribution in [3.05, 3.63) is 29.6 Å². The smallest absolute Gasteiger partial charge is 0.272 e. The van der Waals surface area contributed by atoms with Crippen molar-refractivity contribution in [2.75, 3.05) is 26.2 Å². The van der Waals surface area contributed by atoms with Crippen molar-refractivity contribution < 1.29 is 13.6 Å². The lowest BCUT2D eigenvalue weighted by molar-refractivity contribution is 0.0119. The topological polar surface area (TPSA) is 36.4 Å². The van der Waals surface area contributed by atoms with E-state index in [1.807, 2.05) is 19.9 Å². The minimum Gasteiger partial charge on any atom is -0.331 e. The summed E-state index contributed by atoms with van der Waals surface area (Å²) < 4.78 is 26.4. The second-order valence-electron chi connectivity index (χ2n) is 6.15. The van der Waals surface area contributed by atoms with Crippen LogP contribution in [0.25, 0.3) is 0 Å². The molecule has 4 nitrogen and oxygen atoms in total. The molecule has 2 fully saturated rings. The Balaban J connectivity index is 0.000000924. The summed E-state index contributed by atoms with van der Waals surface area (Å²) in [6.45, 7) is 8.58. The summed E-state index contributed by atoms with van der Waals surface area (Å²) in [5, 5.41) is 0. The van der Waals surface area contributed by atoms with Crippen LogP contribution in [0.2, 0.25) is 0 Å². The molecule has 2 aliphatic heterocycles. The Kier molecular flexibility index (Phi) is 5.68. The van der Waals surface area contributed by atoms with Crippen LogP contribution < -0.4 is 0 Å². The van der Waals surface area contributed by atoms with Crippen LogP contribution in [0.4, 0.5) is 8.78 Å². The average Bonchev–Trinajstić information content (AvgIpc) is 2.87. The van der Waals surface area contributed by atoms with E-state index in [0.717, 1.165) is 18.8 Å². The first-order valence-electron chi connectivity index (χ1n) is 8.28. The van der Waals surface area contributed by atoms with Crippen LogP contribution in [-0.2, 0) is 6.54 Å². The maximum absolute atomic E-state index is 13.2. The van der Waals surface area contributed by atoms with Gasteiger partial charge in [-0.2, -0.15) is 0 Å². The third-order valence-corrected chi connectivity index (χ3v) is 4.01. The predicted octanol–water partition coefficient (Wildman–Crippen LogP) is 3.04. The van der Waals surface area contributed by atoms with Gasteiger partial charge in [0.25, 0.3) is 11.8 Å². The Morgan fingerprint density at radius 2 is 2.04 bits per heavy atom. The van der Waals surface area contributed by atoms with Crippen LogP contribution in [0.3, 0.4) is 0 Å². The molecular formula is C17H25F2N3O. The molecule has 0 bridgehead atoms. The van der Waals surface area contributed by atoms with E-state index in [0.29, 0.717) is 12.5 Å². The van der Waals surface area contributed by atoms with E-state index in [2.05, 4.69) is 16.8 Å². The summed E-state index contributed by atoms with van der Waals surface area (Å²) in [5.41, 5.74) is 1.08. The zero-order valence-electron chi connectivity index (χ0n) is 14.1. The van der Waals surface area contributed by atoms with E-state index in [9.17, 15) is 13.6 Å². The van der Waals surface area contributed by atoms with Gasteiger partial charge in [0, 0.05) is 32.6 Å². The molecule has 2 aliphatic rings. The van der Waals surface area contributed by atoms with Crippen molar-refractivity contribution >= 4 is 5.91 Å². The highest BCUT2D eigenvalue weighted by atomic mass is 19.3. The number of aromatic nitrogens is 1. The van der Waals surface area contributed by atoms with Gasteiger partial charge in [-0.1, -0.05) is 26.8 Å². The van der Waals surface area contributed by atoms with Crippen LogP contribution in [0.5, 0.6) is 0 Å². The Hall–Kier alpha value is -1.56. The number of hydrogen-bond acceptors (Lipinski definition) is 3. The summed E-state index contributed by atoms with van der Waals surface area (Å²) in [4.78, 5) is 20.0. The second kappa shape index (κ2) is 7.34. The molecule has 0 aromatic carbocycles. The summed E-state index contributed by atoms with van der Waals surface area (Å²) >= 11 is 0. The minimum absolute atomic E-state index is 0.0986. The molecule has 0 saturated carbocycles. The van der Waals surface area contributed by atoms with Gasteiger partial charge in [0.05, 0.1) is 12.2 Å². The molecule has 3 rings (SSSR count). The highest BCUT2D eigenvalue weighted by molar-refractivity contribution is 5.92. The van der Waals surface area contributed by atoms with Gasteiger partial charge in [-0.25, -0.2) is 13.8 Å². The SMILES string of the molecule is CC.CC1CN(Cc2cccc(C(=O)N3CCC(F)(F)C3)n2)C1. The lowest BCUT2D eigenvalue weighted by Gasteiger charge is -2.36. The first-order chi connectivity index (χ1) is 10.9. The van der Waals surface area contributed by atoms with Gasteiger partial charge in [0.15, 0.2) is 0 Å². The van der Waals surface area contributed by atoms with Crippen LogP contribution in [0.15, 0.2) is 18.2 Å². The Bertz CT molecular complexity index is 544. The molecule has 0 spiro atoms. The van der Waals surface area contributed by atoms with Crippen molar-refractivity contribution in [1.29, 1.82) is 0 Å². The summed E-state index contributed by atoms with van der Waals surface area (Å²) in [6.07, 6.45) is -0.260. The fourth-order valence-corrected chi connectivity index (χ4v) is 2.94. The molecule has 2 saturated heterocycles. The molecule has 0 radical (unpaired) electrons. The lowest BCUT2D eigenvalue weighted by atomic mass is 10.0. The van der Waals surface area contributed by atoms with Crippen molar-refractivity contribution in [3.8, 4) is 0 Å². The number of likely N-dealkylation sites (tertiary alicyclic amines) is 2. The molecule has 3 heterocycles. The first-order valence-corrected chi connectivity index (χ1v) is 8.28. The Labute approximate surface area is 136 Å². The van der Waals surface area contributed by atoms with E-state index in [4.69, 9.17) is 0 Å².